The zero-order chi connectivity index (χ0) is 10.3. The molecular weight excluding hydrogens is 176 g/mol. The molecule has 1 unspecified atom stereocenters. The van der Waals surface area contributed by atoms with Gasteiger partial charge in [-0.2, -0.15) is 5.10 Å². The highest BCUT2D eigenvalue weighted by Gasteiger charge is 2.34. The van der Waals surface area contributed by atoms with E-state index in [4.69, 9.17) is 5.84 Å². The fourth-order valence-electron chi connectivity index (χ4n) is 2.12. The van der Waals surface area contributed by atoms with Gasteiger partial charge in [0.1, 0.15) is 0 Å². The van der Waals surface area contributed by atoms with Crippen LogP contribution in [0.1, 0.15) is 35.8 Å². The number of nitrogens with one attached hydrogen (secondary N) is 1. The van der Waals surface area contributed by atoms with Crippen molar-refractivity contribution < 1.29 is 0 Å². The minimum Gasteiger partial charge on any atom is -0.272 e. The SMILES string of the molecule is Cc1nn(C)c(C)c1C(NN)C1CC1. The quantitative estimate of drug-likeness (QED) is 0.556. The summed E-state index contributed by atoms with van der Waals surface area (Å²) in [7, 11) is 1.98. The Hall–Kier alpha value is -0.870. The maximum absolute atomic E-state index is 5.61. The van der Waals surface area contributed by atoms with Crippen molar-refractivity contribution in [3.05, 3.63) is 17.0 Å². The van der Waals surface area contributed by atoms with Gasteiger partial charge in [0.25, 0.3) is 0 Å². The lowest BCUT2D eigenvalue weighted by Crippen LogP contribution is -2.30. The van der Waals surface area contributed by atoms with Gasteiger partial charge in [0, 0.05) is 18.3 Å². The van der Waals surface area contributed by atoms with Crippen LogP contribution in [-0.2, 0) is 7.05 Å². The number of hydrogen-bond donors (Lipinski definition) is 2. The first-order chi connectivity index (χ1) is 6.65. The van der Waals surface area contributed by atoms with E-state index >= 15 is 0 Å². The molecule has 4 heteroatoms. The van der Waals surface area contributed by atoms with Crippen molar-refractivity contribution >= 4 is 0 Å². The first kappa shape index (κ1) is 9.68. The maximum atomic E-state index is 5.61. The molecule has 4 nitrogen and oxygen atoms in total. The van der Waals surface area contributed by atoms with Crippen molar-refractivity contribution in [3.8, 4) is 0 Å². The van der Waals surface area contributed by atoms with Crippen LogP contribution in [0.2, 0.25) is 0 Å². The molecule has 1 saturated carbocycles. The molecule has 14 heavy (non-hydrogen) atoms. The van der Waals surface area contributed by atoms with E-state index in [2.05, 4.69) is 24.4 Å². The molecule has 1 aromatic rings. The Bertz CT molecular complexity index is 338. The van der Waals surface area contributed by atoms with Crippen LogP contribution in [0.3, 0.4) is 0 Å². The van der Waals surface area contributed by atoms with Crippen molar-refractivity contribution in [1.82, 2.24) is 15.2 Å². The fourth-order valence-corrected chi connectivity index (χ4v) is 2.12. The summed E-state index contributed by atoms with van der Waals surface area (Å²) in [6.07, 6.45) is 2.56. The Morgan fingerprint density at radius 3 is 2.50 bits per heavy atom. The Morgan fingerprint density at radius 1 is 1.50 bits per heavy atom. The van der Waals surface area contributed by atoms with Crippen LogP contribution in [0.5, 0.6) is 0 Å². The van der Waals surface area contributed by atoms with Gasteiger partial charge in [0.05, 0.1) is 11.7 Å². The predicted molar refractivity (Wildman–Crippen MR) is 55.5 cm³/mol. The lowest BCUT2D eigenvalue weighted by atomic mass is 10.0. The van der Waals surface area contributed by atoms with Crippen LogP contribution in [-0.4, -0.2) is 9.78 Å². The second-order valence-electron chi connectivity index (χ2n) is 4.19. The molecule has 1 aromatic heterocycles. The second kappa shape index (κ2) is 3.37. The third-order valence-electron chi connectivity index (χ3n) is 3.15. The van der Waals surface area contributed by atoms with Gasteiger partial charge in [-0.3, -0.25) is 16.0 Å². The number of hydrogen-bond acceptors (Lipinski definition) is 3. The molecule has 0 spiro atoms. The summed E-state index contributed by atoms with van der Waals surface area (Å²) in [6.45, 7) is 4.15. The van der Waals surface area contributed by atoms with Crippen molar-refractivity contribution in [3.63, 3.8) is 0 Å². The fraction of sp³-hybridized carbons (Fsp3) is 0.700. The van der Waals surface area contributed by atoms with Crippen LogP contribution in [0.25, 0.3) is 0 Å². The summed E-state index contributed by atoms with van der Waals surface area (Å²) in [5.41, 5.74) is 6.53. The molecule has 0 aliphatic heterocycles. The topological polar surface area (TPSA) is 55.9 Å². The highest BCUT2D eigenvalue weighted by Crippen LogP contribution is 2.42. The van der Waals surface area contributed by atoms with Gasteiger partial charge < -0.3 is 0 Å². The number of aromatic nitrogens is 2. The van der Waals surface area contributed by atoms with E-state index in [0.717, 1.165) is 5.69 Å². The molecule has 78 valence electrons. The molecule has 3 N–H and O–H groups in total. The number of rotatable bonds is 3. The Labute approximate surface area is 84.4 Å². The van der Waals surface area contributed by atoms with Gasteiger partial charge in [0.2, 0.25) is 0 Å². The predicted octanol–water partition coefficient (Wildman–Crippen LogP) is 0.951. The van der Waals surface area contributed by atoms with E-state index < -0.39 is 0 Å². The molecule has 1 heterocycles. The summed E-state index contributed by atoms with van der Waals surface area (Å²) in [4.78, 5) is 0. The lowest BCUT2D eigenvalue weighted by Gasteiger charge is -2.15. The second-order valence-corrected chi connectivity index (χ2v) is 4.19. The summed E-state index contributed by atoms with van der Waals surface area (Å²) in [5, 5.41) is 4.41. The zero-order valence-corrected chi connectivity index (χ0v) is 9.04. The average Bonchev–Trinajstić information content (AvgIpc) is 2.91. The van der Waals surface area contributed by atoms with Gasteiger partial charge in [-0.15, -0.1) is 0 Å². The van der Waals surface area contributed by atoms with Crippen molar-refractivity contribution in [2.75, 3.05) is 0 Å². The number of nitrogens with two attached hydrogens (primary N) is 1. The van der Waals surface area contributed by atoms with E-state index in [1.165, 1.54) is 24.1 Å². The molecular formula is C10H18N4. The summed E-state index contributed by atoms with van der Waals surface area (Å²) in [5.74, 6) is 6.32. The molecule has 1 aliphatic carbocycles. The molecule has 2 rings (SSSR count). The maximum Gasteiger partial charge on any atom is 0.0644 e. The molecule has 0 aromatic carbocycles. The third-order valence-corrected chi connectivity index (χ3v) is 3.15. The first-order valence-corrected chi connectivity index (χ1v) is 5.11. The minimum absolute atomic E-state index is 0.295. The van der Waals surface area contributed by atoms with Crippen LogP contribution < -0.4 is 11.3 Å². The summed E-state index contributed by atoms with van der Waals surface area (Å²) in [6, 6.07) is 0.295. The van der Waals surface area contributed by atoms with Crippen LogP contribution in [0, 0.1) is 19.8 Å². The number of aryl methyl sites for hydroxylation is 2. The highest BCUT2D eigenvalue weighted by molar-refractivity contribution is 5.29. The third kappa shape index (κ3) is 1.44. The molecule has 0 amide bonds. The first-order valence-electron chi connectivity index (χ1n) is 5.11. The summed E-state index contributed by atoms with van der Waals surface area (Å²) >= 11 is 0. The standard InChI is InChI=1S/C10H18N4/c1-6-9(7(2)14(3)13-6)10(12-11)8-4-5-8/h8,10,12H,4-5,11H2,1-3H3. The van der Waals surface area contributed by atoms with Crippen molar-refractivity contribution in [2.45, 2.75) is 32.7 Å². The number of nitrogens with zero attached hydrogens (tertiary/aromatic N) is 2. The highest BCUT2D eigenvalue weighted by atomic mass is 15.3. The minimum atomic E-state index is 0.295. The van der Waals surface area contributed by atoms with Crippen molar-refractivity contribution in [2.24, 2.45) is 18.8 Å². The van der Waals surface area contributed by atoms with Gasteiger partial charge in [0.15, 0.2) is 0 Å². The monoisotopic (exact) mass is 194 g/mol. The Morgan fingerprint density at radius 2 is 2.14 bits per heavy atom. The van der Waals surface area contributed by atoms with Gasteiger partial charge >= 0.3 is 0 Å². The Kier molecular flexibility index (Phi) is 2.33. The van der Waals surface area contributed by atoms with E-state index in [-0.39, 0.29) is 0 Å². The molecule has 0 saturated heterocycles. The Balaban J connectivity index is 2.37. The van der Waals surface area contributed by atoms with Crippen LogP contribution in [0.4, 0.5) is 0 Å². The normalized spacial score (nSPS) is 18.6. The van der Waals surface area contributed by atoms with E-state index in [1.54, 1.807) is 0 Å². The average molecular weight is 194 g/mol. The van der Waals surface area contributed by atoms with Crippen LogP contribution >= 0.6 is 0 Å². The van der Waals surface area contributed by atoms with E-state index in [0.29, 0.717) is 12.0 Å². The summed E-state index contributed by atoms with van der Waals surface area (Å²) < 4.78 is 1.93. The molecule has 1 fully saturated rings. The van der Waals surface area contributed by atoms with Gasteiger partial charge in [-0.25, -0.2) is 0 Å². The lowest BCUT2D eigenvalue weighted by molar-refractivity contribution is 0.492. The van der Waals surface area contributed by atoms with Gasteiger partial charge in [-0.1, -0.05) is 0 Å². The zero-order valence-electron chi connectivity index (χ0n) is 9.04. The molecule has 1 atom stereocenters. The molecule has 0 radical (unpaired) electrons. The number of hydrazine groups is 1. The largest absolute Gasteiger partial charge is 0.272 e. The van der Waals surface area contributed by atoms with Crippen LogP contribution in [0.15, 0.2) is 0 Å². The smallest absolute Gasteiger partial charge is 0.0644 e. The molecule has 0 bridgehead atoms. The molecule has 1 aliphatic rings. The van der Waals surface area contributed by atoms with E-state index in [1.807, 2.05) is 11.7 Å². The van der Waals surface area contributed by atoms with Gasteiger partial charge in [-0.05, 0) is 32.6 Å². The van der Waals surface area contributed by atoms with Crippen molar-refractivity contribution in [1.29, 1.82) is 0 Å². The van der Waals surface area contributed by atoms with E-state index in [9.17, 15) is 0 Å².